The first-order valence-corrected chi connectivity index (χ1v) is 10.7. The highest BCUT2D eigenvalue weighted by Crippen LogP contribution is 2.32. The maximum Gasteiger partial charge on any atom is 0.222 e. The van der Waals surface area contributed by atoms with Crippen molar-refractivity contribution in [3.63, 3.8) is 0 Å². The molecule has 1 aliphatic heterocycles. The Morgan fingerprint density at radius 3 is 2.90 bits per heavy atom. The van der Waals surface area contributed by atoms with Crippen molar-refractivity contribution in [3.8, 4) is 0 Å². The van der Waals surface area contributed by atoms with E-state index in [1.165, 1.54) is 24.0 Å². The van der Waals surface area contributed by atoms with Crippen LogP contribution in [-0.4, -0.2) is 56.1 Å². The van der Waals surface area contributed by atoms with Crippen molar-refractivity contribution in [1.29, 1.82) is 0 Å². The molecule has 1 aromatic carbocycles. The number of carbonyl (C=O) groups is 1. The average molecular weight is 514 g/mol. The Kier molecular flexibility index (Phi) is 10.2. The SMILES string of the molecule is CCNC(=NCCCOC1CCCc2ccccc21)NC1CCC(=O)N(C)C1.I. The predicted molar refractivity (Wildman–Crippen MR) is 128 cm³/mol. The van der Waals surface area contributed by atoms with Gasteiger partial charge in [-0.25, -0.2) is 0 Å². The van der Waals surface area contributed by atoms with Gasteiger partial charge >= 0.3 is 0 Å². The molecule has 1 amide bonds. The average Bonchev–Trinajstić information content (AvgIpc) is 2.70. The van der Waals surface area contributed by atoms with Crippen LogP contribution in [0.5, 0.6) is 0 Å². The first kappa shape index (κ1) is 23.9. The van der Waals surface area contributed by atoms with Gasteiger partial charge in [-0.3, -0.25) is 9.79 Å². The van der Waals surface area contributed by atoms with E-state index in [-0.39, 0.29) is 42.0 Å². The fraction of sp³-hybridized carbons (Fsp3) is 0.636. The number of likely N-dealkylation sites (tertiary alicyclic amines) is 1. The molecule has 1 saturated heterocycles. The summed E-state index contributed by atoms with van der Waals surface area (Å²) in [7, 11) is 1.86. The van der Waals surface area contributed by atoms with Crippen molar-refractivity contribution >= 4 is 35.8 Å². The Hall–Kier alpha value is -1.35. The van der Waals surface area contributed by atoms with Crippen molar-refractivity contribution in [1.82, 2.24) is 15.5 Å². The number of piperidine rings is 1. The minimum Gasteiger partial charge on any atom is -0.373 e. The predicted octanol–water partition coefficient (Wildman–Crippen LogP) is 3.26. The van der Waals surface area contributed by atoms with E-state index in [2.05, 4.69) is 46.8 Å². The number of halogens is 1. The number of amides is 1. The number of nitrogens with one attached hydrogen (secondary N) is 2. The minimum absolute atomic E-state index is 0. The van der Waals surface area contributed by atoms with Gasteiger partial charge in [0.2, 0.25) is 5.91 Å². The number of hydrogen-bond acceptors (Lipinski definition) is 3. The molecule has 2 unspecified atom stereocenters. The van der Waals surface area contributed by atoms with E-state index in [4.69, 9.17) is 4.74 Å². The number of hydrogen-bond donors (Lipinski definition) is 2. The topological polar surface area (TPSA) is 66.0 Å². The number of nitrogens with zero attached hydrogens (tertiary/aromatic N) is 2. The van der Waals surface area contributed by atoms with Crippen molar-refractivity contribution in [2.45, 2.75) is 57.6 Å². The molecule has 3 rings (SSSR count). The summed E-state index contributed by atoms with van der Waals surface area (Å²) in [5.74, 6) is 1.06. The van der Waals surface area contributed by atoms with Gasteiger partial charge in [0, 0.05) is 45.8 Å². The Labute approximate surface area is 191 Å². The zero-order valence-electron chi connectivity index (χ0n) is 17.7. The van der Waals surface area contributed by atoms with E-state index in [9.17, 15) is 4.79 Å². The molecule has 29 heavy (non-hydrogen) atoms. The fourth-order valence-corrected chi connectivity index (χ4v) is 4.01. The lowest BCUT2D eigenvalue weighted by atomic mass is 9.89. The van der Waals surface area contributed by atoms with Gasteiger partial charge in [-0.1, -0.05) is 24.3 Å². The Bertz CT molecular complexity index is 683. The van der Waals surface area contributed by atoms with Crippen LogP contribution >= 0.6 is 24.0 Å². The molecular weight excluding hydrogens is 479 g/mol. The van der Waals surface area contributed by atoms with Gasteiger partial charge in [-0.2, -0.15) is 0 Å². The number of rotatable bonds is 7. The molecule has 0 radical (unpaired) electrons. The van der Waals surface area contributed by atoms with Crippen molar-refractivity contribution in [2.24, 2.45) is 4.99 Å². The van der Waals surface area contributed by atoms with Crippen LogP contribution in [0, 0.1) is 0 Å². The molecule has 1 heterocycles. The lowest BCUT2D eigenvalue weighted by Gasteiger charge is -2.31. The summed E-state index contributed by atoms with van der Waals surface area (Å²) in [6.45, 7) is 5.07. The van der Waals surface area contributed by atoms with Crippen LogP contribution < -0.4 is 10.6 Å². The van der Waals surface area contributed by atoms with Crippen molar-refractivity contribution in [3.05, 3.63) is 35.4 Å². The largest absolute Gasteiger partial charge is 0.373 e. The van der Waals surface area contributed by atoms with Gasteiger partial charge in [-0.05, 0) is 50.2 Å². The van der Waals surface area contributed by atoms with Crippen LogP contribution in [0.1, 0.15) is 56.3 Å². The zero-order chi connectivity index (χ0) is 19.8. The number of fused-ring (bicyclic) bond motifs is 1. The molecule has 0 spiro atoms. The van der Waals surface area contributed by atoms with Gasteiger partial charge in [0.15, 0.2) is 5.96 Å². The number of aryl methyl sites for hydroxylation is 1. The van der Waals surface area contributed by atoms with Crippen LogP contribution in [0.2, 0.25) is 0 Å². The third kappa shape index (κ3) is 7.13. The van der Waals surface area contributed by atoms with E-state index in [0.29, 0.717) is 6.42 Å². The lowest BCUT2D eigenvalue weighted by molar-refractivity contribution is -0.132. The summed E-state index contributed by atoms with van der Waals surface area (Å²) in [6.07, 6.45) is 6.07. The second-order valence-corrected chi connectivity index (χ2v) is 7.72. The van der Waals surface area contributed by atoms with E-state index >= 15 is 0 Å². The maximum atomic E-state index is 11.6. The third-order valence-electron chi connectivity index (χ3n) is 5.52. The molecule has 2 aliphatic rings. The number of benzene rings is 1. The maximum absolute atomic E-state index is 11.6. The lowest BCUT2D eigenvalue weighted by Crippen LogP contribution is -2.51. The van der Waals surface area contributed by atoms with Gasteiger partial charge in [0.25, 0.3) is 0 Å². The molecule has 7 heteroatoms. The molecule has 2 atom stereocenters. The normalized spacial score (nSPS) is 21.9. The van der Waals surface area contributed by atoms with E-state index in [1.54, 1.807) is 4.90 Å². The van der Waals surface area contributed by atoms with Gasteiger partial charge < -0.3 is 20.3 Å². The molecule has 6 nitrogen and oxygen atoms in total. The standard InChI is InChI=1S/C22H34N4O2.HI/c1-3-23-22(25-18-12-13-21(27)26(2)16-18)24-14-7-15-28-20-11-6-9-17-8-4-5-10-19(17)20;/h4-5,8,10,18,20H,3,6-7,9,11-16H2,1-2H3,(H2,23,24,25);1H. The highest BCUT2D eigenvalue weighted by molar-refractivity contribution is 14.0. The van der Waals surface area contributed by atoms with Gasteiger partial charge in [0.05, 0.1) is 6.10 Å². The van der Waals surface area contributed by atoms with Crippen molar-refractivity contribution in [2.75, 3.05) is 33.3 Å². The van der Waals surface area contributed by atoms with Crippen LogP contribution in [-0.2, 0) is 16.0 Å². The Morgan fingerprint density at radius 2 is 2.10 bits per heavy atom. The summed E-state index contributed by atoms with van der Waals surface area (Å²) in [5.41, 5.74) is 2.80. The van der Waals surface area contributed by atoms with Crippen LogP contribution in [0.3, 0.4) is 0 Å². The first-order valence-electron chi connectivity index (χ1n) is 10.7. The monoisotopic (exact) mass is 514 g/mol. The molecule has 2 N–H and O–H groups in total. The molecule has 162 valence electrons. The number of guanidine groups is 1. The second-order valence-electron chi connectivity index (χ2n) is 7.72. The van der Waals surface area contributed by atoms with E-state index in [1.807, 2.05) is 7.05 Å². The number of aliphatic imine (C=N–C) groups is 1. The quantitative estimate of drug-likeness (QED) is 0.254. The molecule has 0 bridgehead atoms. The molecular formula is C22H35IN4O2. The highest BCUT2D eigenvalue weighted by Gasteiger charge is 2.23. The van der Waals surface area contributed by atoms with Gasteiger partial charge in [0.1, 0.15) is 0 Å². The Balaban J connectivity index is 0.00000300. The fourth-order valence-electron chi connectivity index (χ4n) is 4.01. The van der Waals surface area contributed by atoms with Crippen molar-refractivity contribution < 1.29 is 9.53 Å². The summed E-state index contributed by atoms with van der Waals surface area (Å²) in [5, 5.41) is 6.77. The number of ether oxygens (including phenoxy) is 1. The third-order valence-corrected chi connectivity index (χ3v) is 5.52. The van der Waals surface area contributed by atoms with Crippen LogP contribution in [0.15, 0.2) is 29.3 Å². The first-order chi connectivity index (χ1) is 13.7. The summed E-state index contributed by atoms with van der Waals surface area (Å²) in [4.78, 5) is 18.1. The summed E-state index contributed by atoms with van der Waals surface area (Å²) in [6, 6.07) is 8.91. The Morgan fingerprint density at radius 1 is 1.28 bits per heavy atom. The molecule has 0 aromatic heterocycles. The smallest absolute Gasteiger partial charge is 0.222 e. The van der Waals surface area contributed by atoms with Crippen LogP contribution in [0.4, 0.5) is 0 Å². The number of carbonyl (C=O) groups excluding carboxylic acids is 1. The minimum atomic E-state index is 0. The summed E-state index contributed by atoms with van der Waals surface area (Å²) < 4.78 is 6.17. The van der Waals surface area contributed by atoms with E-state index in [0.717, 1.165) is 51.5 Å². The molecule has 1 aromatic rings. The van der Waals surface area contributed by atoms with E-state index < -0.39 is 0 Å². The molecule has 1 fully saturated rings. The molecule has 1 aliphatic carbocycles. The second kappa shape index (κ2) is 12.4. The number of likely N-dealkylation sites (N-methyl/N-ethyl adjacent to an activating group) is 1. The summed E-state index contributed by atoms with van der Waals surface area (Å²) >= 11 is 0. The molecule has 0 saturated carbocycles. The highest BCUT2D eigenvalue weighted by atomic mass is 127. The van der Waals surface area contributed by atoms with Gasteiger partial charge in [-0.15, -0.1) is 24.0 Å². The zero-order valence-corrected chi connectivity index (χ0v) is 20.0. The van der Waals surface area contributed by atoms with Crippen LogP contribution in [0.25, 0.3) is 0 Å².